The van der Waals surface area contributed by atoms with Crippen LogP contribution in [0.25, 0.3) is 0 Å². The van der Waals surface area contributed by atoms with Crippen LogP contribution in [-0.2, 0) is 15.0 Å². The molecule has 1 amide bonds. The minimum Gasteiger partial charge on any atom is -0.389 e. The number of aliphatic hydroxyl groups is 1. The van der Waals surface area contributed by atoms with Crippen molar-refractivity contribution in [1.29, 1.82) is 0 Å². The van der Waals surface area contributed by atoms with Crippen LogP contribution in [-0.4, -0.2) is 35.3 Å². The van der Waals surface area contributed by atoms with Crippen molar-refractivity contribution in [3.63, 3.8) is 0 Å². The van der Waals surface area contributed by atoms with Gasteiger partial charge >= 0.3 is 0 Å². The first-order valence-corrected chi connectivity index (χ1v) is 6.01. The van der Waals surface area contributed by atoms with Crippen molar-refractivity contribution in [3.8, 4) is 0 Å². The zero-order valence-corrected chi connectivity index (χ0v) is 9.80. The number of hydrogen-bond donors (Lipinski definition) is 1. The number of rotatable bonds is 2. The summed E-state index contributed by atoms with van der Waals surface area (Å²) in [6.45, 7) is 0.368. The molecule has 0 unspecified atom stereocenters. The van der Waals surface area contributed by atoms with E-state index in [1.54, 1.807) is 12.1 Å². The van der Waals surface area contributed by atoms with E-state index in [2.05, 4.69) is 0 Å². The monoisotopic (exact) mass is 251 g/mol. The Morgan fingerprint density at radius 3 is 2.56 bits per heavy atom. The summed E-state index contributed by atoms with van der Waals surface area (Å²) in [5.74, 6) is -0.444. The molecule has 1 aliphatic heterocycles. The lowest BCUT2D eigenvalue weighted by Gasteiger charge is -2.21. The van der Waals surface area contributed by atoms with Crippen molar-refractivity contribution >= 4 is 5.91 Å². The lowest BCUT2D eigenvalue weighted by Crippen LogP contribution is -2.37. The zero-order valence-electron chi connectivity index (χ0n) is 9.80. The van der Waals surface area contributed by atoms with E-state index < -0.39 is 11.5 Å². The van der Waals surface area contributed by atoms with Gasteiger partial charge in [0.15, 0.2) is 0 Å². The standard InChI is InChI=1S/C13H14FNO3/c14-10-3-1-9(2-4-10)13(5-6-13)12(17)15-7-11(16)8-18-15/h1-4,11,16H,5-8H2/t11-/m0/s1. The van der Waals surface area contributed by atoms with Crippen molar-refractivity contribution < 1.29 is 19.1 Å². The highest BCUT2D eigenvalue weighted by molar-refractivity contribution is 5.90. The third-order valence-corrected chi connectivity index (χ3v) is 3.58. The van der Waals surface area contributed by atoms with Crippen LogP contribution in [0.5, 0.6) is 0 Å². The van der Waals surface area contributed by atoms with Gasteiger partial charge in [0.05, 0.1) is 18.1 Å². The molecule has 0 aromatic heterocycles. The van der Waals surface area contributed by atoms with E-state index in [0.717, 1.165) is 18.4 Å². The van der Waals surface area contributed by atoms with E-state index in [1.165, 1.54) is 17.2 Å². The fraction of sp³-hybridized carbons (Fsp3) is 0.462. The number of hydrogen-bond acceptors (Lipinski definition) is 3. The summed E-state index contributed by atoms with van der Waals surface area (Å²) in [6.07, 6.45) is 0.874. The highest BCUT2D eigenvalue weighted by atomic mass is 19.1. The maximum atomic E-state index is 12.9. The largest absolute Gasteiger partial charge is 0.389 e. The molecule has 1 saturated carbocycles. The van der Waals surface area contributed by atoms with Crippen LogP contribution in [0.1, 0.15) is 18.4 Å². The summed E-state index contributed by atoms with van der Waals surface area (Å²) in [7, 11) is 0. The van der Waals surface area contributed by atoms with Gasteiger partial charge in [-0.05, 0) is 30.5 Å². The van der Waals surface area contributed by atoms with E-state index in [4.69, 9.17) is 4.84 Å². The Bertz CT molecular complexity index is 470. The first-order chi connectivity index (χ1) is 8.62. The topological polar surface area (TPSA) is 49.8 Å². The van der Waals surface area contributed by atoms with E-state index >= 15 is 0 Å². The molecule has 5 heteroatoms. The molecule has 0 radical (unpaired) electrons. The number of amides is 1. The molecule has 4 nitrogen and oxygen atoms in total. The Balaban J connectivity index is 1.82. The van der Waals surface area contributed by atoms with Gasteiger partial charge in [-0.3, -0.25) is 9.63 Å². The average molecular weight is 251 g/mol. The number of benzene rings is 1. The fourth-order valence-corrected chi connectivity index (χ4v) is 2.37. The highest BCUT2D eigenvalue weighted by Gasteiger charge is 2.54. The van der Waals surface area contributed by atoms with Crippen molar-refractivity contribution in [2.45, 2.75) is 24.4 Å². The van der Waals surface area contributed by atoms with E-state index in [9.17, 15) is 14.3 Å². The molecule has 0 spiro atoms. The Labute approximate surface area is 104 Å². The Kier molecular flexibility index (Phi) is 2.60. The molecule has 1 saturated heterocycles. The lowest BCUT2D eigenvalue weighted by molar-refractivity contribution is -0.171. The van der Waals surface area contributed by atoms with Crippen molar-refractivity contribution in [2.75, 3.05) is 13.2 Å². The second-order valence-electron chi connectivity index (χ2n) is 4.90. The second kappa shape index (κ2) is 4.03. The highest BCUT2D eigenvalue weighted by Crippen LogP contribution is 2.49. The van der Waals surface area contributed by atoms with Crippen molar-refractivity contribution in [1.82, 2.24) is 5.06 Å². The maximum absolute atomic E-state index is 12.9. The molecule has 0 bridgehead atoms. The molecule has 96 valence electrons. The van der Waals surface area contributed by atoms with Gasteiger partial charge in [-0.25, -0.2) is 9.45 Å². The second-order valence-corrected chi connectivity index (χ2v) is 4.90. The smallest absolute Gasteiger partial charge is 0.256 e. The SMILES string of the molecule is O=C(N1C[C@H](O)CO1)C1(c2ccc(F)cc2)CC1. The van der Waals surface area contributed by atoms with Gasteiger partial charge in [-0.1, -0.05) is 12.1 Å². The fourth-order valence-electron chi connectivity index (χ4n) is 2.37. The number of nitrogens with zero attached hydrogens (tertiary/aromatic N) is 1. The summed E-state index contributed by atoms with van der Waals surface area (Å²) in [5, 5.41) is 10.6. The Morgan fingerprint density at radius 1 is 1.39 bits per heavy atom. The predicted octanol–water partition coefficient (Wildman–Crippen LogP) is 0.992. The molecule has 1 atom stereocenters. The number of carbonyl (C=O) groups excluding carboxylic acids is 1. The number of hydroxylamine groups is 2. The molecular formula is C13H14FNO3. The average Bonchev–Trinajstić information content (AvgIpc) is 3.06. The van der Waals surface area contributed by atoms with Crippen LogP contribution in [0, 0.1) is 5.82 Å². The van der Waals surface area contributed by atoms with Crippen molar-refractivity contribution in [3.05, 3.63) is 35.6 Å². The summed E-state index contributed by atoms with van der Waals surface area (Å²) in [4.78, 5) is 17.5. The normalized spacial score (nSPS) is 25.2. The van der Waals surface area contributed by atoms with Gasteiger partial charge in [0.1, 0.15) is 12.4 Å². The first kappa shape index (κ1) is 11.6. The molecule has 2 aliphatic rings. The van der Waals surface area contributed by atoms with E-state index in [0.29, 0.717) is 0 Å². The summed E-state index contributed by atoms with van der Waals surface area (Å²) in [6, 6.07) is 6.02. The Morgan fingerprint density at radius 2 is 2.06 bits per heavy atom. The van der Waals surface area contributed by atoms with Crippen molar-refractivity contribution in [2.24, 2.45) is 0 Å². The van der Waals surface area contributed by atoms with Gasteiger partial charge in [0.25, 0.3) is 5.91 Å². The van der Waals surface area contributed by atoms with Gasteiger partial charge in [0.2, 0.25) is 0 Å². The van der Waals surface area contributed by atoms with Gasteiger partial charge < -0.3 is 5.11 Å². The molecular weight excluding hydrogens is 237 g/mol. The van der Waals surface area contributed by atoms with Gasteiger partial charge in [-0.15, -0.1) is 0 Å². The van der Waals surface area contributed by atoms with Gasteiger partial charge in [-0.2, -0.15) is 0 Å². The van der Waals surface area contributed by atoms with Crippen LogP contribution in [0.15, 0.2) is 24.3 Å². The quantitative estimate of drug-likeness (QED) is 0.852. The molecule has 2 fully saturated rings. The molecule has 1 aromatic carbocycles. The molecule has 1 N–H and O–H groups in total. The predicted molar refractivity (Wildman–Crippen MR) is 61.0 cm³/mol. The number of halogens is 1. The minimum absolute atomic E-state index is 0.134. The summed E-state index contributed by atoms with van der Waals surface area (Å²) in [5.41, 5.74) is 0.247. The first-order valence-electron chi connectivity index (χ1n) is 6.01. The molecule has 18 heavy (non-hydrogen) atoms. The van der Waals surface area contributed by atoms with Crippen LogP contribution in [0.4, 0.5) is 4.39 Å². The van der Waals surface area contributed by atoms with E-state index in [1.807, 2.05) is 0 Å². The van der Waals surface area contributed by atoms with Crippen LogP contribution < -0.4 is 0 Å². The lowest BCUT2D eigenvalue weighted by atomic mass is 9.95. The minimum atomic E-state index is -0.613. The van der Waals surface area contributed by atoms with E-state index in [-0.39, 0.29) is 24.9 Å². The number of carbonyl (C=O) groups is 1. The van der Waals surface area contributed by atoms with Crippen LogP contribution in [0.2, 0.25) is 0 Å². The van der Waals surface area contributed by atoms with Gasteiger partial charge in [0, 0.05) is 0 Å². The maximum Gasteiger partial charge on any atom is 0.256 e. The van der Waals surface area contributed by atoms with Crippen LogP contribution in [0.3, 0.4) is 0 Å². The van der Waals surface area contributed by atoms with Crippen LogP contribution >= 0.6 is 0 Å². The third kappa shape index (κ3) is 1.79. The number of aliphatic hydroxyl groups excluding tert-OH is 1. The molecule has 1 aliphatic carbocycles. The number of β-amino-alcohol motifs (C(OH)–C–C–N with tert-alkyl or cyclic N) is 1. The molecule has 1 heterocycles. The molecule has 1 aromatic rings. The summed E-state index contributed by atoms with van der Waals surface area (Å²) < 4.78 is 12.9. The zero-order chi connectivity index (χ0) is 12.8. The summed E-state index contributed by atoms with van der Waals surface area (Å²) >= 11 is 0. The third-order valence-electron chi connectivity index (χ3n) is 3.58. The molecule has 3 rings (SSSR count). The Hall–Kier alpha value is -1.46.